The van der Waals surface area contributed by atoms with E-state index in [1.54, 1.807) is 12.1 Å². The smallest absolute Gasteiger partial charge is 0.236 e. The molecule has 1 unspecified atom stereocenters. The first-order valence-electron chi connectivity index (χ1n) is 9.16. The van der Waals surface area contributed by atoms with Crippen LogP contribution in [0.5, 0.6) is 0 Å². The van der Waals surface area contributed by atoms with Crippen molar-refractivity contribution in [1.29, 1.82) is 0 Å². The summed E-state index contributed by atoms with van der Waals surface area (Å²) < 4.78 is 13.2. The lowest BCUT2D eigenvalue weighted by Crippen LogP contribution is -2.58. The zero-order valence-corrected chi connectivity index (χ0v) is 15.6. The van der Waals surface area contributed by atoms with Gasteiger partial charge in [-0.25, -0.2) is 4.39 Å². The van der Waals surface area contributed by atoms with Gasteiger partial charge in [-0.1, -0.05) is 12.1 Å². The third-order valence-electron chi connectivity index (χ3n) is 5.81. The van der Waals surface area contributed by atoms with Gasteiger partial charge in [-0.05, 0) is 43.4 Å². The molecule has 1 saturated carbocycles. The lowest BCUT2D eigenvalue weighted by Gasteiger charge is -2.42. The second kappa shape index (κ2) is 7.53. The van der Waals surface area contributed by atoms with E-state index in [1.165, 1.54) is 12.1 Å². The maximum Gasteiger partial charge on any atom is 0.236 e. The van der Waals surface area contributed by atoms with E-state index in [1.807, 2.05) is 9.80 Å². The number of carbonyl (C=O) groups excluding carboxylic acids is 2. The van der Waals surface area contributed by atoms with Crippen molar-refractivity contribution in [3.8, 4) is 0 Å². The number of benzene rings is 1. The van der Waals surface area contributed by atoms with E-state index in [0.717, 1.165) is 44.3 Å². The SMILES string of the molecule is Cl.O=C1CNCCN1C1CCCN(C(=O)C2(c3ccc(F)cc3)CC2)C1. The molecule has 1 aromatic carbocycles. The van der Waals surface area contributed by atoms with Crippen molar-refractivity contribution < 1.29 is 14.0 Å². The largest absolute Gasteiger partial charge is 0.340 e. The Morgan fingerprint density at radius 1 is 1.19 bits per heavy atom. The summed E-state index contributed by atoms with van der Waals surface area (Å²) in [5.41, 5.74) is 0.447. The number of rotatable bonds is 3. The highest BCUT2D eigenvalue weighted by Gasteiger charge is 2.53. The van der Waals surface area contributed by atoms with Crippen LogP contribution >= 0.6 is 12.4 Å². The molecule has 5 nitrogen and oxygen atoms in total. The summed E-state index contributed by atoms with van der Waals surface area (Å²) in [5.74, 6) is -0.00105. The van der Waals surface area contributed by atoms with E-state index >= 15 is 0 Å². The number of hydrogen-bond donors (Lipinski definition) is 1. The molecule has 0 bridgehead atoms. The fourth-order valence-corrected chi connectivity index (χ4v) is 4.22. The molecule has 2 amide bonds. The Kier molecular flexibility index (Phi) is 5.53. The van der Waals surface area contributed by atoms with Gasteiger partial charge in [-0.2, -0.15) is 0 Å². The standard InChI is InChI=1S/C19H24FN3O2.ClH/c20-15-5-3-14(4-6-15)19(7-8-19)18(25)22-10-1-2-16(13-22)23-11-9-21-12-17(23)24;/h3-6,16,21H,1-2,7-13H2;1H. The molecule has 0 aromatic heterocycles. The lowest BCUT2D eigenvalue weighted by molar-refractivity contribution is -0.141. The van der Waals surface area contributed by atoms with Gasteiger partial charge in [0, 0.05) is 32.2 Å². The minimum atomic E-state index is -0.469. The van der Waals surface area contributed by atoms with Crippen LogP contribution in [-0.2, 0) is 15.0 Å². The first kappa shape index (κ1) is 19.1. The van der Waals surface area contributed by atoms with Crippen LogP contribution in [0, 0.1) is 5.82 Å². The van der Waals surface area contributed by atoms with Gasteiger partial charge in [0.25, 0.3) is 0 Å². The van der Waals surface area contributed by atoms with Crippen LogP contribution in [0.4, 0.5) is 4.39 Å². The second-order valence-electron chi connectivity index (χ2n) is 7.40. The van der Waals surface area contributed by atoms with Crippen LogP contribution in [0.15, 0.2) is 24.3 Å². The van der Waals surface area contributed by atoms with Gasteiger partial charge in [-0.15, -0.1) is 12.4 Å². The van der Waals surface area contributed by atoms with Gasteiger partial charge >= 0.3 is 0 Å². The lowest BCUT2D eigenvalue weighted by atomic mass is 9.92. The monoisotopic (exact) mass is 381 g/mol. The molecule has 2 heterocycles. The fraction of sp³-hybridized carbons (Fsp3) is 0.579. The summed E-state index contributed by atoms with van der Waals surface area (Å²) >= 11 is 0. The van der Waals surface area contributed by atoms with E-state index in [9.17, 15) is 14.0 Å². The van der Waals surface area contributed by atoms with Crippen molar-refractivity contribution in [2.75, 3.05) is 32.7 Å². The molecular weight excluding hydrogens is 357 g/mol. The van der Waals surface area contributed by atoms with E-state index in [2.05, 4.69) is 5.32 Å². The average Bonchev–Trinajstić information content (AvgIpc) is 3.44. The van der Waals surface area contributed by atoms with Gasteiger partial charge in [0.05, 0.1) is 12.0 Å². The first-order valence-corrected chi connectivity index (χ1v) is 9.16. The maximum atomic E-state index is 13.2. The van der Waals surface area contributed by atoms with Gasteiger partial charge in [0.2, 0.25) is 11.8 Å². The summed E-state index contributed by atoms with van der Waals surface area (Å²) in [6.45, 7) is 3.29. The number of halogens is 2. The Balaban J connectivity index is 0.00000196. The van der Waals surface area contributed by atoms with Crippen LogP contribution in [0.2, 0.25) is 0 Å². The van der Waals surface area contributed by atoms with Crippen molar-refractivity contribution >= 4 is 24.2 Å². The molecule has 3 fully saturated rings. The van der Waals surface area contributed by atoms with Crippen LogP contribution in [-0.4, -0.2) is 60.4 Å². The summed E-state index contributed by atoms with van der Waals surface area (Å²) in [7, 11) is 0. The maximum absolute atomic E-state index is 13.2. The molecule has 4 rings (SSSR count). The molecule has 1 aromatic rings. The second-order valence-corrected chi connectivity index (χ2v) is 7.40. The average molecular weight is 382 g/mol. The van der Waals surface area contributed by atoms with E-state index in [0.29, 0.717) is 19.6 Å². The normalized spacial score (nSPS) is 24.8. The predicted molar refractivity (Wildman–Crippen MR) is 98.7 cm³/mol. The number of nitrogens with one attached hydrogen (secondary N) is 1. The quantitative estimate of drug-likeness (QED) is 0.867. The topological polar surface area (TPSA) is 52.7 Å². The van der Waals surface area contributed by atoms with Crippen molar-refractivity contribution in [2.45, 2.75) is 37.1 Å². The predicted octanol–water partition coefficient (Wildman–Crippen LogP) is 1.70. The number of piperidine rings is 1. The molecule has 2 saturated heterocycles. The number of likely N-dealkylation sites (tertiary alicyclic amines) is 1. The summed E-state index contributed by atoms with van der Waals surface area (Å²) in [6, 6.07) is 6.46. The molecular formula is C19H25ClFN3O2. The summed E-state index contributed by atoms with van der Waals surface area (Å²) in [5, 5.41) is 3.10. The molecule has 1 aliphatic carbocycles. The first-order chi connectivity index (χ1) is 12.1. The number of amides is 2. The van der Waals surface area contributed by atoms with Crippen LogP contribution in [0.3, 0.4) is 0 Å². The van der Waals surface area contributed by atoms with E-state index in [-0.39, 0.29) is 36.1 Å². The minimum Gasteiger partial charge on any atom is -0.340 e. The van der Waals surface area contributed by atoms with E-state index < -0.39 is 5.41 Å². The number of hydrogen-bond acceptors (Lipinski definition) is 3. The van der Waals surface area contributed by atoms with Crippen molar-refractivity contribution in [1.82, 2.24) is 15.1 Å². The summed E-state index contributed by atoms with van der Waals surface area (Å²) in [4.78, 5) is 29.2. The molecule has 142 valence electrons. The van der Waals surface area contributed by atoms with Crippen molar-refractivity contribution in [2.24, 2.45) is 0 Å². The van der Waals surface area contributed by atoms with Gasteiger partial charge in [0.1, 0.15) is 5.82 Å². The van der Waals surface area contributed by atoms with Gasteiger partial charge in [-0.3, -0.25) is 9.59 Å². The Bertz CT molecular complexity index is 678. The third kappa shape index (κ3) is 3.45. The molecule has 3 aliphatic rings. The fourth-order valence-electron chi connectivity index (χ4n) is 4.22. The highest BCUT2D eigenvalue weighted by Crippen LogP contribution is 2.50. The van der Waals surface area contributed by atoms with Crippen LogP contribution in [0.1, 0.15) is 31.2 Å². The zero-order valence-electron chi connectivity index (χ0n) is 14.7. The van der Waals surface area contributed by atoms with Gasteiger partial charge < -0.3 is 15.1 Å². The van der Waals surface area contributed by atoms with E-state index in [4.69, 9.17) is 0 Å². The molecule has 26 heavy (non-hydrogen) atoms. The Hall–Kier alpha value is -1.66. The van der Waals surface area contributed by atoms with Crippen molar-refractivity contribution in [3.63, 3.8) is 0 Å². The summed E-state index contributed by atoms with van der Waals surface area (Å²) in [6.07, 6.45) is 3.53. The minimum absolute atomic E-state index is 0. The third-order valence-corrected chi connectivity index (χ3v) is 5.81. The van der Waals surface area contributed by atoms with Crippen LogP contribution in [0.25, 0.3) is 0 Å². The number of carbonyl (C=O) groups is 2. The Morgan fingerprint density at radius 2 is 1.92 bits per heavy atom. The molecule has 0 spiro atoms. The Labute approximate surface area is 159 Å². The number of nitrogens with zero attached hydrogens (tertiary/aromatic N) is 2. The molecule has 1 N–H and O–H groups in total. The molecule has 1 atom stereocenters. The van der Waals surface area contributed by atoms with Gasteiger partial charge in [0.15, 0.2) is 0 Å². The molecule has 2 aliphatic heterocycles. The number of piperazine rings is 1. The zero-order chi connectivity index (χ0) is 17.4. The molecule has 7 heteroatoms. The van der Waals surface area contributed by atoms with Crippen molar-refractivity contribution in [3.05, 3.63) is 35.6 Å². The molecule has 0 radical (unpaired) electrons. The van der Waals surface area contributed by atoms with Crippen LogP contribution < -0.4 is 5.32 Å². The Morgan fingerprint density at radius 3 is 2.58 bits per heavy atom. The highest BCUT2D eigenvalue weighted by molar-refractivity contribution is 5.91. The highest BCUT2D eigenvalue weighted by atomic mass is 35.5.